The fourth-order valence-corrected chi connectivity index (χ4v) is 10.7. The molecule has 0 aromatic carbocycles. The average Bonchev–Trinajstić information content (AvgIpc) is 2.76. The number of rotatable bonds is 2. The number of aliphatic carboxylic acids is 1. The first kappa shape index (κ1) is 24.8. The highest BCUT2D eigenvalue weighted by molar-refractivity contribution is 5.76. The van der Waals surface area contributed by atoms with Crippen LogP contribution >= 0.6 is 0 Å². The number of carboxylic acid groups (broad SMARTS) is 1. The lowest BCUT2D eigenvalue weighted by Crippen LogP contribution is -2.65. The van der Waals surface area contributed by atoms with E-state index in [1.165, 1.54) is 5.57 Å². The lowest BCUT2D eigenvalue weighted by atomic mass is 9.33. The van der Waals surface area contributed by atoms with Crippen molar-refractivity contribution < 1.29 is 20.1 Å². The number of aliphatic hydroxyl groups excluding tert-OH is 2. The molecule has 0 unspecified atom stereocenters. The lowest BCUT2D eigenvalue weighted by molar-refractivity contribution is -0.216. The van der Waals surface area contributed by atoms with E-state index < -0.39 is 22.9 Å². The van der Waals surface area contributed by atoms with Crippen LogP contribution in [-0.2, 0) is 4.79 Å². The molecule has 0 aliphatic heterocycles. The van der Waals surface area contributed by atoms with Gasteiger partial charge in [0.15, 0.2) is 0 Å². The highest BCUT2D eigenvalue weighted by Gasteiger charge is 2.69. The maximum absolute atomic E-state index is 12.8. The molecule has 4 saturated carbocycles. The van der Waals surface area contributed by atoms with E-state index in [1.807, 2.05) is 0 Å². The van der Waals surface area contributed by atoms with Crippen molar-refractivity contribution >= 4 is 5.97 Å². The summed E-state index contributed by atoms with van der Waals surface area (Å²) >= 11 is 0. The molecule has 0 spiro atoms. The summed E-state index contributed by atoms with van der Waals surface area (Å²) in [5, 5.41) is 31.8. The summed E-state index contributed by atoms with van der Waals surface area (Å²) in [4.78, 5) is 12.8. The van der Waals surface area contributed by atoms with Gasteiger partial charge < -0.3 is 15.3 Å². The van der Waals surface area contributed by atoms with Gasteiger partial charge in [-0.2, -0.15) is 0 Å². The summed E-state index contributed by atoms with van der Waals surface area (Å²) in [5.41, 5.74) is 0.858. The van der Waals surface area contributed by atoms with Crippen LogP contribution in [0.15, 0.2) is 11.6 Å². The zero-order chi connectivity index (χ0) is 24.9. The van der Waals surface area contributed by atoms with Crippen LogP contribution in [-0.4, -0.2) is 34.0 Å². The number of carboxylic acids is 1. The van der Waals surface area contributed by atoms with Gasteiger partial charge in [-0.3, -0.25) is 4.79 Å². The molecule has 0 aromatic heterocycles. The maximum atomic E-state index is 12.8. The van der Waals surface area contributed by atoms with E-state index >= 15 is 0 Å². The number of fused-ring (bicyclic) bond motifs is 7. The van der Waals surface area contributed by atoms with E-state index in [-0.39, 0.29) is 34.2 Å². The Balaban J connectivity index is 1.60. The first-order chi connectivity index (χ1) is 15.7. The summed E-state index contributed by atoms with van der Waals surface area (Å²) in [5.74, 6) is 0.395. The minimum Gasteiger partial charge on any atom is -0.481 e. The molecule has 0 radical (unpaired) electrons. The van der Waals surface area contributed by atoms with Crippen LogP contribution in [0.25, 0.3) is 0 Å². The molecule has 4 heteroatoms. The third kappa shape index (κ3) is 2.88. The molecule has 9 atom stereocenters. The van der Waals surface area contributed by atoms with Crippen molar-refractivity contribution in [3.05, 3.63) is 11.6 Å². The highest BCUT2D eigenvalue weighted by atomic mass is 16.4. The van der Waals surface area contributed by atoms with Crippen LogP contribution in [0.2, 0.25) is 0 Å². The molecule has 5 aliphatic rings. The molecular weight excluding hydrogens is 424 g/mol. The van der Waals surface area contributed by atoms with Crippen molar-refractivity contribution in [3.63, 3.8) is 0 Å². The molecule has 34 heavy (non-hydrogen) atoms. The van der Waals surface area contributed by atoms with Crippen molar-refractivity contribution in [2.75, 3.05) is 6.61 Å². The minimum atomic E-state index is -0.588. The van der Waals surface area contributed by atoms with Crippen LogP contribution in [0.5, 0.6) is 0 Å². The second kappa shape index (κ2) is 7.34. The van der Waals surface area contributed by atoms with E-state index in [0.717, 1.165) is 64.2 Å². The first-order valence-corrected chi connectivity index (χ1v) is 13.9. The molecular formula is C30H48O4. The van der Waals surface area contributed by atoms with Crippen molar-refractivity contribution in [3.8, 4) is 0 Å². The van der Waals surface area contributed by atoms with Crippen molar-refractivity contribution in [1.82, 2.24) is 0 Å². The molecule has 5 rings (SSSR count). The van der Waals surface area contributed by atoms with E-state index in [2.05, 4.69) is 47.6 Å². The van der Waals surface area contributed by atoms with Crippen LogP contribution in [0, 0.1) is 50.2 Å². The topological polar surface area (TPSA) is 77.8 Å². The van der Waals surface area contributed by atoms with Gasteiger partial charge in [-0.25, -0.2) is 0 Å². The van der Waals surface area contributed by atoms with Crippen molar-refractivity contribution in [2.24, 2.45) is 50.2 Å². The third-order valence-electron chi connectivity index (χ3n) is 13.2. The van der Waals surface area contributed by atoms with Gasteiger partial charge in [0, 0.05) is 5.41 Å². The molecule has 4 nitrogen and oxygen atoms in total. The van der Waals surface area contributed by atoms with Gasteiger partial charge in [0.1, 0.15) is 0 Å². The second-order valence-electron chi connectivity index (χ2n) is 14.9. The summed E-state index contributed by atoms with van der Waals surface area (Å²) in [6.45, 7) is 14.3. The Morgan fingerprint density at radius 3 is 2.26 bits per heavy atom. The molecule has 0 saturated heterocycles. The quantitative estimate of drug-likeness (QED) is 0.418. The molecule has 0 amide bonds. The van der Waals surface area contributed by atoms with Gasteiger partial charge in [-0.15, -0.1) is 0 Å². The fraction of sp³-hybridized carbons (Fsp3) is 0.900. The van der Waals surface area contributed by atoms with E-state index in [1.54, 1.807) is 0 Å². The molecule has 0 aromatic rings. The average molecular weight is 473 g/mol. The van der Waals surface area contributed by atoms with Gasteiger partial charge in [0.2, 0.25) is 0 Å². The summed E-state index contributed by atoms with van der Waals surface area (Å²) in [6, 6.07) is 0. The Morgan fingerprint density at radius 1 is 0.941 bits per heavy atom. The Labute approximate surface area is 206 Å². The van der Waals surface area contributed by atoms with Crippen molar-refractivity contribution in [1.29, 1.82) is 0 Å². The molecule has 4 fully saturated rings. The summed E-state index contributed by atoms with van der Waals surface area (Å²) in [7, 11) is 0. The fourth-order valence-electron chi connectivity index (χ4n) is 10.7. The Kier molecular flexibility index (Phi) is 5.36. The van der Waals surface area contributed by atoms with Gasteiger partial charge in [-0.05, 0) is 104 Å². The predicted molar refractivity (Wildman–Crippen MR) is 134 cm³/mol. The Bertz CT molecular complexity index is 907. The van der Waals surface area contributed by atoms with Crippen LogP contribution in [0.4, 0.5) is 0 Å². The van der Waals surface area contributed by atoms with Gasteiger partial charge in [-0.1, -0.05) is 53.2 Å². The Hall–Kier alpha value is -0.870. The number of hydrogen-bond donors (Lipinski definition) is 3. The van der Waals surface area contributed by atoms with Crippen LogP contribution in [0.1, 0.15) is 106 Å². The standard InChI is InChI=1S/C30H48O4/c1-25(2)13-15-30(24(33)34)16-14-28(5)19(20(30)17-25)7-8-22-26(3)11-10-23(32)27(4,18-31)21(26)9-12-29(22,28)6/h7,20-23,31-32H,8-18H2,1-6H3,(H,33,34)/t20-,21-,22-,23+,26+,27-,28-,29-,30-/m1/s1. The minimum absolute atomic E-state index is 0.0204. The molecule has 192 valence electrons. The van der Waals surface area contributed by atoms with Gasteiger partial charge >= 0.3 is 5.97 Å². The predicted octanol–water partition coefficient (Wildman–Crippen LogP) is 6.21. The number of allylic oxidation sites excluding steroid dienone is 2. The van der Waals surface area contributed by atoms with E-state index in [4.69, 9.17) is 0 Å². The molecule has 0 bridgehead atoms. The first-order valence-electron chi connectivity index (χ1n) is 13.9. The van der Waals surface area contributed by atoms with Gasteiger partial charge in [0.25, 0.3) is 0 Å². The number of carbonyl (C=O) groups is 1. The highest BCUT2D eigenvalue weighted by Crippen LogP contribution is 2.75. The number of hydrogen-bond acceptors (Lipinski definition) is 3. The third-order valence-corrected chi connectivity index (χ3v) is 13.2. The molecule has 0 heterocycles. The van der Waals surface area contributed by atoms with Crippen LogP contribution in [0.3, 0.4) is 0 Å². The summed E-state index contributed by atoms with van der Waals surface area (Å²) in [6.07, 6.45) is 11.6. The number of aliphatic hydroxyl groups is 2. The van der Waals surface area contributed by atoms with E-state index in [0.29, 0.717) is 11.8 Å². The lowest BCUT2D eigenvalue weighted by Gasteiger charge is -2.71. The molecule has 5 aliphatic carbocycles. The zero-order valence-corrected chi connectivity index (χ0v) is 22.4. The smallest absolute Gasteiger partial charge is 0.310 e. The normalized spacial score (nSPS) is 54.1. The largest absolute Gasteiger partial charge is 0.481 e. The monoisotopic (exact) mass is 472 g/mol. The molecule has 3 N–H and O–H groups in total. The summed E-state index contributed by atoms with van der Waals surface area (Å²) < 4.78 is 0. The van der Waals surface area contributed by atoms with Gasteiger partial charge in [0.05, 0.1) is 18.1 Å². The van der Waals surface area contributed by atoms with Crippen LogP contribution < -0.4 is 0 Å². The second-order valence-corrected chi connectivity index (χ2v) is 14.9. The SMILES string of the molecule is CC1(C)CC[C@@]2(C(=O)O)CC[C@]3(C)C(=CC[C@@H]4[C@@]5(C)CC[C@H](O)[C@](C)(CO)[C@@H]5CC[C@]43C)[C@H]2C1. The zero-order valence-electron chi connectivity index (χ0n) is 22.4. The van der Waals surface area contributed by atoms with E-state index in [9.17, 15) is 20.1 Å². The Morgan fingerprint density at radius 2 is 1.62 bits per heavy atom. The van der Waals surface area contributed by atoms with Crippen molar-refractivity contribution in [2.45, 2.75) is 112 Å². The maximum Gasteiger partial charge on any atom is 0.310 e.